The lowest BCUT2D eigenvalue weighted by molar-refractivity contribution is 0.434. The summed E-state index contributed by atoms with van der Waals surface area (Å²) in [6.45, 7) is 1.66. The lowest BCUT2D eigenvalue weighted by Gasteiger charge is -2.13. The molecule has 2 rings (SSSR count). The Balaban J connectivity index is 1.63. The Labute approximate surface area is 121 Å². The molecular formula is C15H28N4O. The van der Waals surface area contributed by atoms with Gasteiger partial charge in [0, 0.05) is 13.0 Å². The highest BCUT2D eigenvalue weighted by atomic mass is 16.4. The van der Waals surface area contributed by atoms with Gasteiger partial charge in [-0.05, 0) is 31.7 Å². The number of unbranched alkanes of at least 4 members (excludes halogenated alkanes) is 1. The van der Waals surface area contributed by atoms with Crippen LogP contribution in [0, 0.1) is 5.92 Å². The summed E-state index contributed by atoms with van der Waals surface area (Å²) in [5.41, 5.74) is 5.47. The van der Waals surface area contributed by atoms with Crippen molar-refractivity contribution >= 4 is 6.01 Å². The third kappa shape index (κ3) is 5.49. The van der Waals surface area contributed by atoms with E-state index in [0.29, 0.717) is 6.01 Å². The van der Waals surface area contributed by atoms with E-state index in [1.54, 1.807) is 0 Å². The molecule has 5 nitrogen and oxygen atoms in total. The van der Waals surface area contributed by atoms with E-state index in [-0.39, 0.29) is 0 Å². The van der Waals surface area contributed by atoms with E-state index in [2.05, 4.69) is 15.5 Å². The Morgan fingerprint density at radius 2 is 1.90 bits per heavy atom. The predicted octanol–water partition coefficient (Wildman–Crippen LogP) is 3.12. The average Bonchev–Trinajstić information content (AvgIpc) is 2.74. The van der Waals surface area contributed by atoms with Crippen LogP contribution in [0.25, 0.3) is 0 Å². The maximum absolute atomic E-state index is 5.57. The molecule has 0 saturated heterocycles. The molecular weight excluding hydrogens is 252 g/mol. The highest BCUT2D eigenvalue weighted by molar-refractivity contribution is 5.16. The van der Waals surface area contributed by atoms with Crippen LogP contribution >= 0.6 is 0 Å². The normalized spacial score (nSPS) is 17.1. The molecule has 1 fully saturated rings. The summed E-state index contributed by atoms with van der Waals surface area (Å²) in [5, 5.41) is 11.3. The largest absolute Gasteiger partial charge is 0.408 e. The van der Waals surface area contributed by atoms with E-state index in [0.717, 1.165) is 44.2 Å². The van der Waals surface area contributed by atoms with Crippen LogP contribution in [0.5, 0.6) is 0 Å². The zero-order chi connectivity index (χ0) is 14.0. The molecule has 1 aliphatic rings. The van der Waals surface area contributed by atoms with Gasteiger partial charge in [-0.1, -0.05) is 43.6 Å². The van der Waals surface area contributed by atoms with E-state index in [1.165, 1.54) is 44.9 Å². The molecule has 0 aliphatic heterocycles. The van der Waals surface area contributed by atoms with Crippen molar-refractivity contribution in [2.45, 2.75) is 64.2 Å². The van der Waals surface area contributed by atoms with E-state index >= 15 is 0 Å². The van der Waals surface area contributed by atoms with Gasteiger partial charge in [0.1, 0.15) is 0 Å². The van der Waals surface area contributed by atoms with Crippen LogP contribution in [0.4, 0.5) is 6.01 Å². The van der Waals surface area contributed by atoms with E-state index < -0.39 is 0 Å². The zero-order valence-corrected chi connectivity index (χ0v) is 12.4. The first-order valence-corrected chi connectivity index (χ1v) is 8.15. The summed E-state index contributed by atoms with van der Waals surface area (Å²) in [4.78, 5) is 0. The summed E-state index contributed by atoms with van der Waals surface area (Å²) in [6.07, 6.45) is 12.5. The molecule has 0 unspecified atom stereocenters. The summed E-state index contributed by atoms with van der Waals surface area (Å²) < 4.78 is 5.57. The molecule has 0 spiro atoms. The Kier molecular flexibility index (Phi) is 6.84. The average molecular weight is 280 g/mol. The summed E-state index contributed by atoms with van der Waals surface area (Å²) in [5.74, 6) is 1.59. The molecule has 0 radical (unpaired) electrons. The van der Waals surface area contributed by atoms with Gasteiger partial charge in [-0.2, -0.15) is 0 Å². The molecule has 0 bridgehead atoms. The van der Waals surface area contributed by atoms with Crippen LogP contribution in [0.3, 0.4) is 0 Å². The van der Waals surface area contributed by atoms with Crippen molar-refractivity contribution in [1.82, 2.24) is 10.2 Å². The van der Waals surface area contributed by atoms with Crippen LogP contribution in [0.15, 0.2) is 4.42 Å². The zero-order valence-electron chi connectivity index (χ0n) is 12.4. The summed E-state index contributed by atoms with van der Waals surface area (Å²) >= 11 is 0. The summed E-state index contributed by atoms with van der Waals surface area (Å²) in [6, 6.07) is 0.571. The Morgan fingerprint density at radius 3 is 2.65 bits per heavy atom. The maximum atomic E-state index is 5.57. The second-order valence-corrected chi connectivity index (χ2v) is 5.82. The smallest absolute Gasteiger partial charge is 0.315 e. The molecule has 1 saturated carbocycles. The number of rotatable bonds is 8. The van der Waals surface area contributed by atoms with Gasteiger partial charge in [-0.15, -0.1) is 5.10 Å². The van der Waals surface area contributed by atoms with Gasteiger partial charge in [0.05, 0.1) is 0 Å². The fourth-order valence-electron chi connectivity index (χ4n) is 2.88. The number of aromatic nitrogens is 2. The SMILES string of the molecule is NCCCCc1nnc(NCCC2CCCCCC2)o1. The van der Waals surface area contributed by atoms with Crippen LogP contribution in [-0.2, 0) is 6.42 Å². The number of hydrogen-bond donors (Lipinski definition) is 2. The second kappa shape index (κ2) is 8.95. The van der Waals surface area contributed by atoms with Gasteiger partial charge < -0.3 is 15.5 Å². The summed E-state index contributed by atoms with van der Waals surface area (Å²) in [7, 11) is 0. The molecule has 1 aliphatic carbocycles. The molecule has 0 atom stereocenters. The van der Waals surface area contributed by atoms with Gasteiger partial charge in [-0.3, -0.25) is 0 Å². The minimum atomic E-state index is 0.571. The molecule has 114 valence electrons. The first-order chi connectivity index (χ1) is 9.88. The number of anilines is 1. The number of hydrogen-bond acceptors (Lipinski definition) is 5. The standard InChI is InChI=1S/C15H28N4O/c16-11-6-5-9-14-18-19-15(20-14)17-12-10-13-7-3-1-2-4-8-13/h13H,1-12,16H2,(H,17,19). The quantitative estimate of drug-likeness (QED) is 0.565. The van der Waals surface area contributed by atoms with Crippen molar-refractivity contribution in [2.75, 3.05) is 18.4 Å². The van der Waals surface area contributed by atoms with Gasteiger partial charge >= 0.3 is 6.01 Å². The number of nitrogens with two attached hydrogens (primary N) is 1. The van der Waals surface area contributed by atoms with Crippen molar-refractivity contribution < 1.29 is 4.42 Å². The first-order valence-electron chi connectivity index (χ1n) is 8.15. The minimum Gasteiger partial charge on any atom is -0.408 e. The van der Waals surface area contributed by atoms with Crippen molar-refractivity contribution in [2.24, 2.45) is 11.7 Å². The van der Waals surface area contributed by atoms with Crippen LogP contribution in [-0.4, -0.2) is 23.3 Å². The van der Waals surface area contributed by atoms with Crippen LogP contribution < -0.4 is 11.1 Å². The highest BCUT2D eigenvalue weighted by Crippen LogP contribution is 2.25. The predicted molar refractivity (Wildman–Crippen MR) is 80.6 cm³/mol. The Hall–Kier alpha value is -1.10. The fraction of sp³-hybridized carbons (Fsp3) is 0.867. The van der Waals surface area contributed by atoms with Gasteiger partial charge in [0.2, 0.25) is 5.89 Å². The molecule has 3 N–H and O–H groups in total. The second-order valence-electron chi connectivity index (χ2n) is 5.82. The third-order valence-corrected chi connectivity index (χ3v) is 4.12. The topological polar surface area (TPSA) is 77.0 Å². The fourth-order valence-corrected chi connectivity index (χ4v) is 2.88. The lowest BCUT2D eigenvalue weighted by atomic mass is 9.97. The van der Waals surface area contributed by atoms with Gasteiger partial charge in [0.25, 0.3) is 0 Å². The van der Waals surface area contributed by atoms with Crippen LogP contribution in [0.2, 0.25) is 0 Å². The van der Waals surface area contributed by atoms with E-state index in [9.17, 15) is 0 Å². The van der Waals surface area contributed by atoms with Gasteiger partial charge in [0.15, 0.2) is 0 Å². The Bertz CT molecular complexity index is 359. The molecule has 0 aromatic carbocycles. The number of nitrogens with zero attached hydrogens (tertiary/aromatic N) is 2. The number of aryl methyl sites for hydroxylation is 1. The Morgan fingerprint density at radius 1 is 1.10 bits per heavy atom. The maximum Gasteiger partial charge on any atom is 0.315 e. The van der Waals surface area contributed by atoms with Crippen molar-refractivity contribution in [3.05, 3.63) is 5.89 Å². The van der Waals surface area contributed by atoms with Crippen LogP contribution in [0.1, 0.15) is 63.7 Å². The van der Waals surface area contributed by atoms with Gasteiger partial charge in [-0.25, -0.2) is 0 Å². The molecule has 1 aromatic rings. The van der Waals surface area contributed by atoms with Crippen molar-refractivity contribution in [1.29, 1.82) is 0 Å². The van der Waals surface area contributed by atoms with E-state index in [4.69, 9.17) is 10.2 Å². The molecule has 1 aromatic heterocycles. The van der Waals surface area contributed by atoms with Crippen molar-refractivity contribution in [3.8, 4) is 0 Å². The highest BCUT2D eigenvalue weighted by Gasteiger charge is 2.12. The molecule has 20 heavy (non-hydrogen) atoms. The third-order valence-electron chi connectivity index (χ3n) is 4.12. The molecule has 1 heterocycles. The lowest BCUT2D eigenvalue weighted by Crippen LogP contribution is -2.08. The monoisotopic (exact) mass is 280 g/mol. The molecule has 5 heteroatoms. The minimum absolute atomic E-state index is 0.571. The molecule has 0 amide bonds. The number of nitrogens with one attached hydrogen (secondary N) is 1. The first kappa shape index (κ1) is 15.3. The van der Waals surface area contributed by atoms with E-state index in [1.807, 2.05) is 0 Å². The van der Waals surface area contributed by atoms with Crippen molar-refractivity contribution in [3.63, 3.8) is 0 Å².